The molecule has 5 heteroatoms. The van der Waals surface area contributed by atoms with Crippen molar-refractivity contribution in [3.63, 3.8) is 0 Å². The first-order valence-corrected chi connectivity index (χ1v) is 5.33. The highest BCUT2D eigenvalue weighted by Crippen LogP contribution is 2.18. The lowest BCUT2D eigenvalue weighted by atomic mass is 10.1. The molecule has 1 aromatic carbocycles. The number of carbonyl (C=O) groups excluding carboxylic acids is 1. The van der Waals surface area contributed by atoms with Crippen LogP contribution in [0.15, 0.2) is 18.2 Å². The van der Waals surface area contributed by atoms with Crippen molar-refractivity contribution in [2.24, 2.45) is 0 Å². The maximum atomic E-state index is 11.5. The Bertz CT molecular complexity index is 410. The standard InChI is InChI=1S/C12H16N2O3/c1-8-4-3-5-9(2)11(8)14-12(17)13-7-6-10(15)16/h3-5H,6-7H2,1-2H3,(H,15,16)(H2,13,14,17). The molecule has 1 aromatic rings. The number of benzene rings is 1. The van der Waals surface area contributed by atoms with Gasteiger partial charge in [-0.2, -0.15) is 0 Å². The van der Waals surface area contributed by atoms with Gasteiger partial charge in [0.15, 0.2) is 0 Å². The summed E-state index contributed by atoms with van der Waals surface area (Å²) in [6.45, 7) is 3.92. The molecule has 5 nitrogen and oxygen atoms in total. The fraction of sp³-hybridized carbons (Fsp3) is 0.333. The van der Waals surface area contributed by atoms with E-state index in [0.29, 0.717) is 0 Å². The Balaban J connectivity index is 2.53. The Morgan fingerprint density at radius 1 is 1.24 bits per heavy atom. The number of nitrogens with one attached hydrogen (secondary N) is 2. The van der Waals surface area contributed by atoms with E-state index in [1.54, 1.807) is 0 Å². The molecule has 0 spiro atoms. The quantitative estimate of drug-likeness (QED) is 0.747. The van der Waals surface area contributed by atoms with Crippen LogP contribution in [-0.4, -0.2) is 23.7 Å². The lowest BCUT2D eigenvalue weighted by Gasteiger charge is -2.11. The van der Waals surface area contributed by atoms with Gasteiger partial charge in [0.1, 0.15) is 0 Å². The molecule has 0 aliphatic carbocycles. The molecule has 0 saturated heterocycles. The number of para-hydroxylation sites is 1. The number of rotatable bonds is 4. The van der Waals surface area contributed by atoms with Crippen LogP contribution in [0.3, 0.4) is 0 Å². The summed E-state index contributed by atoms with van der Waals surface area (Å²) in [5.74, 6) is -0.933. The first-order chi connectivity index (χ1) is 8.00. The molecule has 0 fully saturated rings. The summed E-state index contributed by atoms with van der Waals surface area (Å²) >= 11 is 0. The van der Waals surface area contributed by atoms with Crippen LogP contribution in [0.5, 0.6) is 0 Å². The van der Waals surface area contributed by atoms with Crippen molar-refractivity contribution in [3.8, 4) is 0 Å². The van der Waals surface area contributed by atoms with Crippen molar-refractivity contribution in [1.29, 1.82) is 0 Å². The van der Waals surface area contributed by atoms with Crippen molar-refractivity contribution in [3.05, 3.63) is 29.3 Å². The summed E-state index contributed by atoms with van der Waals surface area (Å²) in [4.78, 5) is 21.8. The first kappa shape index (κ1) is 13.0. The smallest absolute Gasteiger partial charge is 0.319 e. The third-order valence-corrected chi connectivity index (χ3v) is 2.34. The van der Waals surface area contributed by atoms with Gasteiger partial charge in [-0.25, -0.2) is 4.79 Å². The molecule has 92 valence electrons. The van der Waals surface area contributed by atoms with Gasteiger partial charge in [-0.05, 0) is 25.0 Å². The normalized spacial score (nSPS) is 9.76. The van der Waals surface area contributed by atoms with Gasteiger partial charge in [-0.15, -0.1) is 0 Å². The van der Waals surface area contributed by atoms with Crippen LogP contribution < -0.4 is 10.6 Å². The number of hydrogen-bond acceptors (Lipinski definition) is 2. The van der Waals surface area contributed by atoms with E-state index < -0.39 is 5.97 Å². The average Bonchev–Trinajstić information content (AvgIpc) is 2.23. The Hall–Kier alpha value is -2.04. The highest BCUT2D eigenvalue weighted by atomic mass is 16.4. The maximum Gasteiger partial charge on any atom is 0.319 e. The van der Waals surface area contributed by atoms with Crippen LogP contribution in [0.25, 0.3) is 0 Å². The van der Waals surface area contributed by atoms with E-state index in [2.05, 4.69) is 10.6 Å². The lowest BCUT2D eigenvalue weighted by Crippen LogP contribution is -2.31. The van der Waals surface area contributed by atoms with E-state index >= 15 is 0 Å². The molecule has 3 N–H and O–H groups in total. The lowest BCUT2D eigenvalue weighted by molar-refractivity contribution is -0.136. The Labute approximate surface area is 99.8 Å². The number of amides is 2. The van der Waals surface area contributed by atoms with Crippen molar-refractivity contribution in [2.75, 3.05) is 11.9 Å². The van der Waals surface area contributed by atoms with Gasteiger partial charge in [0.05, 0.1) is 6.42 Å². The molecule has 0 radical (unpaired) electrons. The van der Waals surface area contributed by atoms with Gasteiger partial charge < -0.3 is 15.7 Å². The largest absolute Gasteiger partial charge is 0.481 e. The molecule has 17 heavy (non-hydrogen) atoms. The molecule has 1 rings (SSSR count). The van der Waals surface area contributed by atoms with Gasteiger partial charge >= 0.3 is 12.0 Å². The SMILES string of the molecule is Cc1cccc(C)c1NC(=O)NCCC(=O)O. The predicted molar refractivity (Wildman–Crippen MR) is 65.2 cm³/mol. The van der Waals surface area contributed by atoms with Crippen LogP contribution in [-0.2, 0) is 4.79 Å². The second-order valence-corrected chi connectivity index (χ2v) is 3.79. The van der Waals surface area contributed by atoms with E-state index in [0.717, 1.165) is 16.8 Å². The zero-order chi connectivity index (χ0) is 12.8. The Morgan fingerprint density at radius 2 is 1.82 bits per heavy atom. The van der Waals surface area contributed by atoms with Gasteiger partial charge in [0.2, 0.25) is 0 Å². The molecule has 0 unspecified atom stereocenters. The molecule has 0 saturated carbocycles. The van der Waals surface area contributed by atoms with Gasteiger partial charge in [0, 0.05) is 12.2 Å². The number of hydrogen-bond donors (Lipinski definition) is 3. The first-order valence-electron chi connectivity index (χ1n) is 5.33. The van der Waals surface area contributed by atoms with Crippen molar-refractivity contribution in [2.45, 2.75) is 20.3 Å². The summed E-state index contributed by atoms with van der Waals surface area (Å²) in [5.41, 5.74) is 2.71. The minimum absolute atomic E-state index is 0.0832. The fourth-order valence-electron chi connectivity index (χ4n) is 1.45. The van der Waals surface area contributed by atoms with E-state index in [1.165, 1.54) is 0 Å². The van der Waals surface area contributed by atoms with E-state index in [-0.39, 0.29) is 19.0 Å². The Morgan fingerprint density at radius 3 is 2.35 bits per heavy atom. The van der Waals surface area contributed by atoms with Crippen LogP contribution in [0, 0.1) is 13.8 Å². The number of aryl methyl sites for hydroxylation is 2. The summed E-state index contributed by atoms with van der Waals surface area (Å²) in [5, 5.41) is 13.6. The minimum atomic E-state index is -0.933. The minimum Gasteiger partial charge on any atom is -0.481 e. The fourth-order valence-corrected chi connectivity index (χ4v) is 1.45. The van der Waals surface area contributed by atoms with Crippen molar-refractivity contribution in [1.82, 2.24) is 5.32 Å². The van der Waals surface area contributed by atoms with E-state index in [1.807, 2.05) is 32.0 Å². The third-order valence-electron chi connectivity index (χ3n) is 2.34. The van der Waals surface area contributed by atoms with Crippen molar-refractivity contribution < 1.29 is 14.7 Å². The summed E-state index contributed by atoms with van der Waals surface area (Å²) < 4.78 is 0. The zero-order valence-electron chi connectivity index (χ0n) is 9.91. The van der Waals surface area contributed by atoms with E-state index in [9.17, 15) is 9.59 Å². The molecule has 0 aromatic heterocycles. The molecule has 0 heterocycles. The average molecular weight is 236 g/mol. The zero-order valence-corrected chi connectivity index (χ0v) is 9.91. The number of carboxylic acids is 1. The molecular formula is C12H16N2O3. The topological polar surface area (TPSA) is 78.4 Å². The number of anilines is 1. The molecule has 0 atom stereocenters. The number of carbonyl (C=O) groups is 2. The van der Waals surface area contributed by atoms with Gasteiger partial charge in [0.25, 0.3) is 0 Å². The predicted octanol–water partition coefficient (Wildman–Crippen LogP) is 1.90. The highest BCUT2D eigenvalue weighted by Gasteiger charge is 2.06. The van der Waals surface area contributed by atoms with Gasteiger partial charge in [-0.1, -0.05) is 18.2 Å². The Kier molecular flexibility index (Phi) is 4.51. The second-order valence-electron chi connectivity index (χ2n) is 3.79. The third kappa shape index (κ3) is 4.14. The maximum absolute atomic E-state index is 11.5. The molecule has 0 aliphatic rings. The molecule has 0 aliphatic heterocycles. The number of aliphatic carboxylic acids is 1. The molecule has 0 bridgehead atoms. The van der Waals surface area contributed by atoms with Crippen LogP contribution in [0.2, 0.25) is 0 Å². The van der Waals surface area contributed by atoms with Gasteiger partial charge in [-0.3, -0.25) is 4.79 Å². The second kappa shape index (κ2) is 5.89. The van der Waals surface area contributed by atoms with E-state index in [4.69, 9.17) is 5.11 Å². The summed E-state index contributed by atoms with van der Waals surface area (Å²) in [7, 11) is 0. The number of carboxylic acid groups (broad SMARTS) is 1. The van der Waals surface area contributed by atoms with Crippen LogP contribution >= 0.6 is 0 Å². The van der Waals surface area contributed by atoms with Crippen molar-refractivity contribution >= 4 is 17.7 Å². The van der Waals surface area contributed by atoms with Crippen LogP contribution in [0.4, 0.5) is 10.5 Å². The van der Waals surface area contributed by atoms with Crippen LogP contribution in [0.1, 0.15) is 17.5 Å². The molecule has 2 amide bonds. The number of urea groups is 1. The highest BCUT2D eigenvalue weighted by molar-refractivity contribution is 5.91. The summed E-state index contributed by atoms with van der Waals surface area (Å²) in [6, 6.07) is 5.33. The monoisotopic (exact) mass is 236 g/mol. The summed E-state index contributed by atoms with van der Waals surface area (Å²) in [6.07, 6.45) is -0.0832. The molecular weight excluding hydrogens is 220 g/mol.